The molecular formula is C35H36Cl3N3O5S. The van der Waals surface area contributed by atoms with Crippen molar-refractivity contribution >= 4 is 62.3 Å². The molecule has 0 unspecified atom stereocenters. The van der Waals surface area contributed by atoms with Crippen LogP contribution in [-0.2, 0) is 32.6 Å². The minimum absolute atomic E-state index is 0.0199. The third-order valence-corrected chi connectivity index (χ3v) is 10.0. The molecule has 0 aliphatic heterocycles. The van der Waals surface area contributed by atoms with E-state index in [1.165, 1.54) is 42.3 Å². The molecule has 12 heteroatoms. The largest absolute Gasteiger partial charge is 0.495 e. The predicted octanol–water partition coefficient (Wildman–Crippen LogP) is 7.32. The highest BCUT2D eigenvalue weighted by Crippen LogP contribution is 2.33. The van der Waals surface area contributed by atoms with Crippen molar-refractivity contribution in [3.63, 3.8) is 0 Å². The average molecular weight is 717 g/mol. The van der Waals surface area contributed by atoms with Gasteiger partial charge in [0.1, 0.15) is 18.3 Å². The molecule has 0 aliphatic carbocycles. The maximum absolute atomic E-state index is 14.6. The second-order valence-electron chi connectivity index (χ2n) is 11.3. The Kier molecular flexibility index (Phi) is 12.2. The summed E-state index contributed by atoms with van der Waals surface area (Å²) in [7, 11) is -2.86. The topological polar surface area (TPSA) is 96.0 Å². The Morgan fingerprint density at radius 3 is 2.15 bits per heavy atom. The van der Waals surface area contributed by atoms with Gasteiger partial charge in [0.05, 0.1) is 22.7 Å². The number of amides is 2. The van der Waals surface area contributed by atoms with Crippen LogP contribution in [0.4, 0.5) is 5.69 Å². The van der Waals surface area contributed by atoms with Crippen LogP contribution in [0, 0.1) is 6.92 Å². The molecule has 2 amide bonds. The second kappa shape index (κ2) is 15.9. The molecule has 248 valence electrons. The zero-order valence-electron chi connectivity index (χ0n) is 26.4. The van der Waals surface area contributed by atoms with Crippen LogP contribution in [0.15, 0.2) is 95.9 Å². The van der Waals surface area contributed by atoms with E-state index in [0.717, 1.165) is 15.4 Å². The highest BCUT2D eigenvalue weighted by molar-refractivity contribution is 7.92. The Morgan fingerprint density at radius 2 is 1.55 bits per heavy atom. The molecule has 0 radical (unpaired) electrons. The van der Waals surface area contributed by atoms with Crippen LogP contribution < -0.4 is 14.4 Å². The van der Waals surface area contributed by atoms with E-state index in [4.69, 9.17) is 39.5 Å². The Morgan fingerprint density at radius 1 is 0.872 bits per heavy atom. The number of methoxy groups -OCH3 is 1. The maximum Gasteiger partial charge on any atom is 0.264 e. The summed E-state index contributed by atoms with van der Waals surface area (Å²) < 4.78 is 34.7. The van der Waals surface area contributed by atoms with Crippen LogP contribution >= 0.6 is 34.8 Å². The molecule has 0 spiro atoms. The van der Waals surface area contributed by atoms with E-state index in [0.29, 0.717) is 21.4 Å². The number of hydrogen-bond acceptors (Lipinski definition) is 5. The number of benzene rings is 4. The normalized spacial score (nSPS) is 12.0. The van der Waals surface area contributed by atoms with Crippen LogP contribution in [-0.4, -0.2) is 50.9 Å². The third-order valence-electron chi connectivity index (χ3n) is 7.37. The number of nitrogens with one attached hydrogen (secondary N) is 1. The summed E-state index contributed by atoms with van der Waals surface area (Å²) in [5, 5.41) is 3.78. The summed E-state index contributed by atoms with van der Waals surface area (Å²) in [6, 6.07) is 23.7. The van der Waals surface area contributed by atoms with E-state index in [1.54, 1.807) is 30.3 Å². The number of rotatable bonds is 13. The number of hydrogen-bond donors (Lipinski definition) is 1. The molecule has 4 aromatic carbocycles. The van der Waals surface area contributed by atoms with Crippen molar-refractivity contribution in [1.29, 1.82) is 0 Å². The summed E-state index contributed by atoms with van der Waals surface area (Å²) in [5.41, 5.74) is 2.34. The molecule has 0 bridgehead atoms. The first-order valence-corrected chi connectivity index (χ1v) is 17.4. The first kappa shape index (κ1) is 36.1. The quantitative estimate of drug-likeness (QED) is 0.157. The number of anilines is 1. The molecule has 47 heavy (non-hydrogen) atoms. The molecule has 8 nitrogen and oxygen atoms in total. The van der Waals surface area contributed by atoms with Crippen LogP contribution in [0.1, 0.15) is 30.5 Å². The Labute approximate surface area is 291 Å². The van der Waals surface area contributed by atoms with E-state index >= 15 is 0 Å². The number of ether oxygens (including phenoxy) is 1. The molecule has 4 aromatic rings. The van der Waals surface area contributed by atoms with Crippen molar-refractivity contribution in [3.05, 3.63) is 123 Å². The highest BCUT2D eigenvalue weighted by Gasteiger charge is 2.35. The molecule has 1 N–H and O–H groups in total. The number of sulfonamides is 1. The standard InChI is InChI=1S/C35H36Cl3N3O5S/c1-23(2)39-35(43)32(18-25-8-6-5-7-9-25)40(21-26-12-13-27(36)19-30(26)37)34(42)22-41(28-14-17-33(46-4)31(38)20-28)47(44,45)29-15-10-24(3)11-16-29/h5-17,19-20,23,32H,18,21-22H2,1-4H3,(H,39,43)/t32-/m1/s1. The van der Waals surface area contributed by atoms with Crippen molar-refractivity contribution in [2.24, 2.45) is 0 Å². The van der Waals surface area contributed by atoms with Crippen LogP contribution in [0.25, 0.3) is 0 Å². The minimum Gasteiger partial charge on any atom is -0.495 e. The maximum atomic E-state index is 14.6. The van der Waals surface area contributed by atoms with Crippen molar-refractivity contribution < 1.29 is 22.7 Å². The molecule has 0 saturated carbocycles. The summed E-state index contributed by atoms with van der Waals surface area (Å²) in [6.45, 7) is 4.74. The Balaban J connectivity index is 1.85. The van der Waals surface area contributed by atoms with E-state index in [2.05, 4.69) is 5.32 Å². The van der Waals surface area contributed by atoms with Gasteiger partial charge >= 0.3 is 0 Å². The molecular weight excluding hydrogens is 681 g/mol. The average Bonchev–Trinajstić information content (AvgIpc) is 3.02. The van der Waals surface area contributed by atoms with Gasteiger partial charge in [0.25, 0.3) is 10.0 Å². The lowest BCUT2D eigenvalue weighted by Gasteiger charge is -2.34. The molecule has 0 aliphatic rings. The van der Waals surface area contributed by atoms with Crippen LogP contribution in [0.2, 0.25) is 15.1 Å². The number of nitrogens with zero attached hydrogens (tertiary/aromatic N) is 2. The van der Waals surface area contributed by atoms with E-state index in [1.807, 2.05) is 51.1 Å². The summed E-state index contributed by atoms with van der Waals surface area (Å²) >= 11 is 19.2. The molecule has 0 heterocycles. The molecule has 1 atom stereocenters. The highest BCUT2D eigenvalue weighted by atomic mass is 35.5. The first-order chi connectivity index (χ1) is 22.3. The van der Waals surface area contributed by atoms with E-state index in [9.17, 15) is 18.0 Å². The fourth-order valence-corrected chi connectivity index (χ4v) is 7.07. The summed E-state index contributed by atoms with van der Waals surface area (Å²) in [4.78, 5) is 29.8. The van der Waals surface area contributed by atoms with Crippen molar-refractivity contribution in [1.82, 2.24) is 10.2 Å². The van der Waals surface area contributed by atoms with Gasteiger partial charge in [0.2, 0.25) is 11.8 Å². The first-order valence-electron chi connectivity index (χ1n) is 14.8. The van der Waals surface area contributed by atoms with Gasteiger partial charge < -0.3 is 15.0 Å². The lowest BCUT2D eigenvalue weighted by atomic mass is 10.0. The molecule has 0 saturated heterocycles. The van der Waals surface area contributed by atoms with Gasteiger partial charge in [-0.2, -0.15) is 0 Å². The predicted molar refractivity (Wildman–Crippen MR) is 188 cm³/mol. The Bertz CT molecular complexity index is 1820. The van der Waals surface area contributed by atoms with Crippen LogP contribution in [0.3, 0.4) is 0 Å². The number of aryl methyl sites for hydroxylation is 1. The van der Waals surface area contributed by atoms with Crippen molar-refractivity contribution in [2.45, 2.75) is 50.7 Å². The van der Waals surface area contributed by atoms with Gasteiger partial charge in [-0.25, -0.2) is 8.42 Å². The zero-order chi connectivity index (χ0) is 34.3. The number of halogens is 3. The van der Waals surface area contributed by atoms with Gasteiger partial charge in [0, 0.05) is 29.1 Å². The van der Waals surface area contributed by atoms with Gasteiger partial charge in [-0.15, -0.1) is 0 Å². The van der Waals surface area contributed by atoms with Gasteiger partial charge in [-0.1, -0.05) is 88.9 Å². The molecule has 4 rings (SSSR count). The Hall–Kier alpha value is -3.76. The van der Waals surface area contributed by atoms with Crippen molar-refractivity contribution in [3.8, 4) is 5.75 Å². The van der Waals surface area contributed by atoms with E-state index in [-0.39, 0.29) is 34.6 Å². The smallest absolute Gasteiger partial charge is 0.264 e. The summed E-state index contributed by atoms with van der Waals surface area (Å²) in [5.74, 6) is -0.706. The number of carbonyl (C=O) groups is 2. The zero-order valence-corrected chi connectivity index (χ0v) is 29.5. The fraction of sp³-hybridized carbons (Fsp3) is 0.257. The molecule has 0 fully saturated rings. The molecule has 0 aromatic heterocycles. The van der Waals surface area contributed by atoms with Crippen molar-refractivity contribution in [2.75, 3.05) is 18.0 Å². The SMILES string of the molecule is COc1ccc(N(CC(=O)N(Cc2ccc(Cl)cc2Cl)[C@H](Cc2ccccc2)C(=O)NC(C)C)S(=O)(=O)c2ccc(C)cc2)cc1Cl. The van der Waals surface area contributed by atoms with Gasteiger partial charge in [-0.05, 0) is 74.4 Å². The van der Waals surface area contributed by atoms with Crippen LogP contribution in [0.5, 0.6) is 5.75 Å². The van der Waals surface area contributed by atoms with E-state index < -0.39 is 34.4 Å². The third kappa shape index (κ3) is 9.20. The summed E-state index contributed by atoms with van der Waals surface area (Å²) in [6.07, 6.45) is 0.162. The second-order valence-corrected chi connectivity index (χ2v) is 14.4. The minimum atomic E-state index is -4.30. The lowest BCUT2D eigenvalue weighted by Crippen LogP contribution is -2.54. The van der Waals surface area contributed by atoms with Gasteiger partial charge in [-0.3, -0.25) is 13.9 Å². The monoisotopic (exact) mass is 715 g/mol. The lowest BCUT2D eigenvalue weighted by molar-refractivity contribution is -0.140. The number of carbonyl (C=O) groups excluding carboxylic acids is 2. The fourth-order valence-electron chi connectivity index (χ4n) is 4.94. The van der Waals surface area contributed by atoms with Gasteiger partial charge in [0.15, 0.2) is 0 Å².